The molecule has 0 bridgehead atoms. The van der Waals surface area contributed by atoms with Crippen molar-refractivity contribution in [2.45, 2.75) is 53.0 Å². The highest BCUT2D eigenvalue weighted by Gasteiger charge is 2.23. The van der Waals surface area contributed by atoms with Crippen LogP contribution in [0.2, 0.25) is 0 Å². The Bertz CT molecular complexity index is 303. The number of ether oxygens (including phenoxy) is 1. The zero-order valence-corrected chi connectivity index (χ0v) is 13.4. The Kier molecular flexibility index (Phi) is 9.21. The van der Waals surface area contributed by atoms with Gasteiger partial charge in [-0.3, -0.25) is 4.79 Å². The highest BCUT2D eigenvalue weighted by atomic mass is 16.5. The number of nitrogens with one attached hydrogen (secondary N) is 1. The maximum absolute atomic E-state index is 12.0. The van der Waals surface area contributed by atoms with E-state index in [-0.39, 0.29) is 17.8 Å². The minimum absolute atomic E-state index is 0.128. The van der Waals surface area contributed by atoms with Crippen LogP contribution in [0.3, 0.4) is 0 Å². The number of amides is 1. The van der Waals surface area contributed by atoms with Gasteiger partial charge in [0.1, 0.15) is 6.04 Å². The first-order valence-electron chi connectivity index (χ1n) is 7.37. The number of carbonyl (C=O) groups is 2. The Hall–Kier alpha value is -1.10. The number of esters is 1. The van der Waals surface area contributed by atoms with Crippen LogP contribution in [0.1, 0.15) is 47.0 Å². The summed E-state index contributed by atoms with van der Waals surface area (Å²) in [7, 11) is 1.34. The molecule has 0 aliphatic carbocycles. The van der Waals surface area contributed by atoms with Crippen molar-refractivity contribution in [2.75, 3.05) is 13.7 Å². The molecule has 0 fully saturated rings. The van der Waals surface area contributed by atoms with Crippen molar-refractivity contribution < 1.29 is 14.3 Å². The summed E-state index contributed by atoms with van der Waals surface area (Å²) >= 11 is 0. The van der Waals surface area contributed by atoms with Gasteiger partial charge in [0.05, 0.1) is 7.11 Å². The monoisotopic (exact) mass is 286 g/mol. The molecule has 5 heteroatoms. The molecule has 5 nitrogen and oxygen atoms in total. The van der Waals surface area contributed by atoms with Crippen molar-refractivity contribution in [3.05, 3.63) is 0 Å². The molecule has 0 heterocycles. The summed E-state index contributed by atoms with van der Waals surface area (Å²) in [5, 5.41) is 2.77. The van der Waals surface area contributed by atoms with Gasteiger partial charge in [0.15, 0.2) is 0 Å². The lowest BCUT2D eigenvalue weighted by Crippen LogP contribution is -2.43. The fourth-order valence-corrected chi connectivity index (χ4v) is 2.27. The quantitative estimate of drug-likeness (QED) is 0.632. The van der Waals surface area contributed by atoms with E-state index in [1.807, 2.05) is 13.8 Å². The van der Waals surface area contributed by atoms with Gasteiger partial charge in [-0.2, -0.15) is 0 Å². The normalized spacial score (nSPS) is 14.2. The average Bonchev–Trinajstić information content (AvgIpc) is 2.34. The van der Waals surface area contributed by atoms with E-state index in [0.29, 0.717) is 31.2 Å². The summed E-state index contributed by atoms with van der Waals surface area (Å²) in [6, 6.07) is -0.565. The summed E-state index contributed by atoms with van der Waals surface area (Å²) in [6.07, 6.45) is 1.85. The van der Waals surface area contributed by atoms with E-state index in [1.54, 1.807) is 0 Å². The number of nitrogens with two attached hydrogens (primary N) is 1. The molecule has 118 valence electrons. The standard InChI is InChI=1S/C15H30N2O3/c1-10(2)6-12(9-16)8-14(18)17-13(7-11(3)4)15(19)20-5/h10-13H,6-9,16H2,1-5H3,(H,17,18)/t12?,13-/m0/s1. The van der Waals surface area contributed by atoms with Crippen LogP contribution in [0.4, 0.5) is 0 Å². The molecule has 0 saturated carbocycles. The number of rotatable bonds is 9. The lowest BCUT2D eigenvalue weighted by Gasteiger charge is -2.21. The SMILES string of the molecule is COC(=O)[C@H](CC(C)C)NC(=O)CC(CN)CC(C)C. The maximum Gasteiger partial charge on any atom is 0.328 e. The molecule has 20 heavy (non-hydrogen) atoms. The molecule has 0 aliphatic rings. The fraction of sp³-hybridized carbons (Fsp3) is 0.867. The molecule has 0 rings (SSSR count). The Morgan fingerprint density at radius 3 is 2.05 bits per heavy atom. The lowest BCUT2D eigenvalue weighted by atomic mass is 9.93. The molecule has 0 saturated heterocycles. The molecule has 0 aliphatic heterocycles. The van der Waals surface area contributed by atoms with Gasteiger partial charge in [-0.25, -0.2) is 4.79 Å². The van der Waals surface area contributed by atoms with Gasteiger partial charge in [0.2, 0.25) is 5.91 Å². The lowest BCUT2D eigenvalue weighted by molar-refractivity contribution is -0.145. The molecule has 0 aromatic carbocycles. The first kappa shape index (κ1) is 18.9. The number of hydrogen-bond donors (Lipinski definition) is 2. The van der Waals surface area contributed by atoms with Crippen molar-refractivity contribution in [1.29, 1.82) is 0 Å². The number of hydrogen-bond acceptors (Lipinski definition) is 4. The van der Waals surface area contributed by atoms with Crippen molar-refractivity contribution in [1.82, 2.24) is 5.32 Å². The van der Waals surface area contributed by atoms with Crippen molar-refractivity contribution in [3.8, 4) is 0 Å². The van der Waals surface area contributed by atoms with Crippen LogP contribution in [0.15, 0.2) is 0 Å². The zero-order valence-electron chi connectivity index (χ0n) is 13.4. The van der Waals surface area contributed by atoms with E-state index < -0.39 is 6.04 Å². The maximum atomic E-state index is 12.0. The molecule has 0 radical (unpaired) electrons. The van der Waals surface area contributed by atoms with Gasteiger partial charge in [-0.05, 0) is 37.1 Å². The zero-order chi connectivity index (χ0) is 15.7. The third-order valence-corrected chi connectivity index (χ3v) is 3.14. The van der Waals surface area contributed by atoms with E-state index in [2.05, 4.69) is 19.2 Å². The van der Waals surface area contributed by atoms with Gasteiger partial charge in [-0.15, -0.1) is 0 Å². The summed E-state index contributed by atoms with van der Waals surface area (Å²) in [5.41, 5.74) is 5.70. The number of carbonyl (C=O) groups excluding carboxylic acids is 2. The van der Waals surface area contributed by atoms with Crippen LogP contribution in [-0.4, -0.2) is 31.6 Å². The van der Waals surface area contributed by atoms with E-state index in [1.165, 1.54) is 7.11 Å². The van der Waals surface area contributed by atoms with Gasteiger partial charge >= 0.3 is 5.97 Å². The summed E-state index contributed by atoms with van der Waals surface area (Å²) in [5.74, 6) is 0.452. The Labute approximate surface area is 122 Å². The predicted octanol–water partition coefficient (Wildman–Crippen LogP) is 1.70. The summed E-state index contributed by atoms with van der Waals surface area (Å²) in [6.45, 7) is 8.71. The highest BCUT2D eigenvalue weighted by Crippen LogP contribution is 2.15. The second-order valence-electron chi connectivity index (χ2n) is 6.21. The largest absolute Gasteiger partial charge is 0.467 e. The highest BCUT2D eigenvalue weighted by molar-refractivity contribution is 5.84. The molecular formula is C15H30N2O3. The van der Waals surface area contributed by atoms with E-state index in [9.17, 15) is 9.59 Å². The molecule has 0 spiro atoms. The van der Waals surface area contributed by atoms with Gasteiger partial charge in [0.25, 0.3) is 0 Å². The van der Waals surface area contributed by atoms with Crippen LogP contribution in [0.5, 0.6) is 0 Å². The Balaban J connectivity index is 4.47. The van der Waals surface area contributed by atoms with E-state index in [0.717, 1.165) is 6.42 Å². The van der Waals surface area contributed by atoms with Crippen LogP contribution >= 0.6 is 0 Å². The smallest absolute Gasteiger partial charge is 0.328 e. The van der Waals surface area contributed by atoms with Crippen LogP contribution < -0.4 is 11.1 Å². The molecule has 2 atom stereocenters. The van der Waals surface area contributed by atoms with Crippen molar-refractivity contribution in [3.63, 3.8) is 0 Å². The topological polar surface area (TPSA) is 81.4 Å². The first-order chi connectivity index (χ1) is 9.29. The second kappa shape index (κ2) is 9.75. The van der Waals surface area contributed by atoms with Crippen molar-refractivity contribution in [2.24, 2.45) is 23.5 Å². The third-order valence-electron chi connectivity index (χ3n) is 3.14. The fourth-order valence-electron chi connectivity index (χ4n) is 2.27. The minimum Gasteiger partial charge on any atom is -0.467 e. The van der Waals surface area contributed by atoms with Gasteiger partial charge < -0.3 is 15.8 Å². The van der Waals surface area contributed by atoms with E-state index in [4.69, 9.17) is 10.5 Å². The van der Waals surface area contributed by atoms with Crippen LogP contribution in [0, 0.1) is 17.8 Å². The summed E-state index contributed by atoms with van der Waals surface area (Å²) in [4.78, 5) is 23.7. The average molecular weight is 286 g/mol. The van der Waals surface area contributed by atoms with Gasteiger partial charge in [0, 0.05) is 6.42 Å². The van der Waals surface area contributed by atoms with Crippen LogP contribution in [0.25, 0.3) is 0 Å². The predicted molar refractivity (Wildman–Crippen MR) is 80.0 cm³/mol. The molecule has 1 amide bonds. The van der Waals surface area contributed by atoms with Crippen LogP contribution in [-0.2, 0) is 14.3 Å². The second-order valence-corrected chi connectivity index (χ2v) is 6.21. The minimum atomic E-state index is -0.565. The van der Waals surface area contributed by atoms with E-state index >= 15 is 0 Å². The Morgan fingerprint density at radius 1 is 1.10 bits per heavy atom. The molecule has 3 N–H and O–H groups in total. The molecule has 0 aromatic heterocycles. The van der Waals surface area contributed by atoms with Gasteiger partial charge in [-0.1, -0.05) is 27.7 Å². The molecular weight excluding hydrogens is 256 g/mol. The van der Waals surface area contributed by atoms with Crippen molar-refractivity contribution >= 4 is 11.9 Å². The number of methoxy groups -OCH3 is 1. The summed E-state index contributed by atoms with van der Waals surface area (Å²) < 4.78 is 4.73. The first-order valence-corrected chi connectivity index (χ1v) is 7.37. The third kappa shape index (κ3) is 8.15. The Morgan fingerprint density at radius 2 is 1.65 bits per heavy atom. The molecule has 0 aromatic rings. The molecule has 1 unspecified atom stereocenters.